The molecule has 0 aliphatic rings. The number of aromatic nitrogens is 2. The molecule has 0 radical (unpaired) electrons. The van der Waals surface area contributed by atoms with Gasteiger partial charge in [0.1, 0.15) is 0 Å². The molecule has 2 unspecified atom stereocenters. The molecule has 0 saturated heterocycles. The third-order valence-corrected chi connectivity index (χ3v) is 4.03. The van der Waals surface area contributed by atoms with E-state index in [1.165, 1.54) is 16.8 Å². The number of nitrogens with two attached hydrogens (primary N) is 1. The SMILES string of the molecule is Cc1nn(C(c2ccsc2)C(C)N)c(C)c1C. The summed E-state index contributed by atoms with van der Waals surface area (Å²) in [5.74, 6) is 0. The van der Waals surface area contributed by atoms with Gasteiger partial charge >= 0.3 is 0 Å². The lowest BCUT2D eigenvalue weighted by Crippen LogP contribution is -2.31. The van der Waals surface area contributed by atoms with Crippen LogP contribution in [0.1, 0.15) is 35.5 Å². The van der Waals surface area contributed by atoms with Crippen LogP contribution >= 0.6 is 11.3 Å². The molecule has 0 aliphatic carbocycles. The Bertz CT molecular complexity index is 497. The van der Waals surface area contributed by atoms with Crippen molar-refractivity contribution in [1.82, 2.24) is 9.78 Å². The lowest BCUT2D eigenvalue weighted by molar-refractivity contribution is 0.444. The van der Waals surface area contributed by atoms with Gasteiger partial charge in [0.2, 0.25) is 0 Å². The number of nitrogens with zero attached hydrogens (tertiary/aromatic N) is 2. The second kappa shape index (κ2) is 4.63. The van der Waals surface area contributed by atoms with E-state index in [1.807, 2.05) is 13.8 Å². The van der Waals surface area contributed by atoms with E-state index in [0.29, 0.717) is 0 Å². The van der Waals surface area contributed by atoms with Crippen LogP contribution in [0.25, 0.3) is 0 Å². The predicted molar refractivity (Wildman–Crippen MR) is 72.5 cm³/mol. The minimum atomic E-state index is 0.0435. The van der Waals surface area contributed by atoms with Crippen LogP contribution in [0.5, 0.6) is 0 Å². The van der Waals surface area contributed by atoms with Gasteiger partial charge in [0.15, 0.2) is 0 Å². The Morgan fingerprint density at radius 2 is 2.06 bits per heavy atom. The summed E-state index contributed by atoms with van der Waals surface area (Å²) >= 11 is 1.70. The van der Waals surface area contributed by atoms with Crippen LogP contribution in [0.3, 0.4) is 0 Å². The maximum absolute atomic E-state index is 6.13. The standard InChI is InChI=1S/C13H19N3S/c1-8-10(3)15-16(11(8)4)13(9(2)14)12-5-6-17-7-12/h5-7,9,13H,14H2,1-4H3. The van der Waals surface area contributed by atoms with E-state index in [4.69, 9.17) is 5.73 Å². The minimum Gasteiger partial charge on any atom is -0.326 e. The summed E-state index contributed by atoms with van der Waals surface area (Å²) < 4.78 is 2.07. The first-order valence-corrected chi connectivity index (χ1v) is 6.76. The average Bonchev–Trinajstić information content (AvgIpc) is 2.85. The monoisotopic (exact) mass is 249 g/mol. The third kappa shape index (κ3) is 2.15. The molecule has 2 N–H and O–H groups in total. The van der Waals surface area contributed by atoms with Gasteiger partial charge in [-0.3, -0.25) is 4.68 Å². The lowest BCUT2D eigenvalue weighted by atomic mass is 10.0. The third-order valence-electron chi connectivity index (χ3n) is 3.33. The van der Waals surface area contributed by atoms with Crippen LogP contribution in [-0.4, -0.2) is 15.8 Å². The fourth-order valence-electron chi connectivity index (χ4n) is 2.13. The molecule has 0 aromatic carbocycles. The van der Waals surface area contributed by atoms with Gasteiger partial charge in [-0.15, -0.1) is 0 Å². The first-order valence-electron chi connectivity index (χ1n) is 5.82. The largest absolute Gasteiger partial charge is 0.326 e. The highest BCUT2D eigenvalue weighted by Gasteiger charge is 2.22. The molecule has 0 amide bonds. The number of hydrogen-bond acceptors (Lipinski definition) is 3. The van der Waals surface area contributed by atoms with E-state index in [0.717, 1.165) is 5.69 Å². The van der Waals surface area contributed by atoms with Crippen LogP contribution in [0.15, 0.2) is 16.8 Å². The molecule has 0 saturated carbocycles. The van der Waals surface area contributed by atoms with Crippen molar-refractivity contribution in [1.29, 1.82) is 0 Å². The van der Waals surface area contributed by atoms with Gasteiger partial charge in [-0.1, -0.05) is 0 Å². The van der Waals surface area contributed by atoms with E-state index in [-0.39, 0.29) is 12.1 Å². The van der Waals surface area contributed by atoms with Crippen molar-refractivity contribution in [3.63, 3.8) is 0 Å². The summed E-state index contributed by atoms with van der Waals surface area (Å²) in [4.78, 5) is 0. The summed E-state index contributed by atoms with van der Waals surface area (Å²) in [6.45, 7) is 8.30. The summed E-state index contributed by atoms with van der Waals surface area (Å²) in [7, 11) is 0. The smallest absolute Gasteiger partial charge is 0.0927 e. The fraction of sp³-hybridized carbons (Fsp3) is 0.462. The molecule has 2 aromatic rings. The normalized spacial score (nSPS) is 14.9. The molecule has 3 nitrogen and oxygen atoms in total. The zero-order chi connectivity index (χ0) is 12.6. The Kier molecular flexibility index (Phi) is 3.35. The topological polar surface area (TPSA) is 43.8 Å². The predicted octanol–water partition coefficient (Wildman–Crippen LogP) is 2.81. The van der Waals surface area contributed by atoms with E-state index in [1.54, 1.807) is 11.3 Å². The Balaban J connectivity index is 2.51. The molecule has 0 bridgehead atoms. The first-order chi connectivity index (χ1) is 8.02. The van der Waals surface area contributed by atoms with Crippen LogP contribution in [0, 0.1) is 20.8 Å². The molecule has 17 heavy (non-hydrogen) atoms. The zero-order valence-electron chi connectivity index (χ0n) is 10.8. The van der Waals surface area contributed by atoms with E-state index < -0.39 is 0 Å². The highest BCUT2D eigenvalue weighted by atomic mass is 32.1. The molecule has 0 aliphatic heterocycles. The Labute approximate surface area is 106 Å². The molecule has 0 spiro atoms. The molecule has 2 aromatic heterocycles. The number of thiophene rings is 1. The van der Waals surface area contributed by atoms with Crippen molar-refractivity contribution in [2.75, 3.05) is 0 Å². The zero-order valence-corrected chi connectivity index (χ0v) is 11.6. The van der Waals surface area contributed by atoms with Gasteiger partial charge in [0.25, 0.3) is 0 Å². The summed E-state index contributed by atoms with van der Waals surface area (Å²) in [5.41, 5.74) is 10.9. The maximum Gasteiger partial charge on any atom is 0.0927 e. The van der Waals surface area contributed by atoms with E-state index in [9.17, 15) is 0 Å². The maximum atomic E-state index is 6.13. The van der Waals surface area contributed by atoms with Crippen LogP contribution in [-0.2, 0) is 0 Å². The second-order valence-corrected chi connectivity index (χ2v) is 5.38. The molecule has 92 valence electrons. The van der Waals surface area contributed by atoms with Gasteiger partial charge in [-0.2, -0.15) is 16.4 Å². The number of aryl methyl sites for hydroxylation is 1. The molecule has 2 heterocycles. The molecule has 0 fully saturated rings. The molecular weight excluding hydrogens is 230 g/mol. The molecule has 2 atom stereocenters. The van der Waals surface area contributed by atoms with E-state index >= 15 is 0 Å². The summed E-state index contributed by atoms with van der Waals surface area (Å²) in [5, 5.41) is 8.87. The van der Waals surface area contributed by atoms with Crippen LogP contribution < -0.4 is 5.73 Å². The molecule has 4 heteroatoms. The quantitative estimate of drug-likeness (QED) is 0.909. The van der Waals surface area contributed by atoms with Gasteiger partial charge < -0.3 is 5.73 Å². The number of rotatable bonds is 3. The van der Waals surface area contributed by atoms with Crippen molar-refractivity contribution in [2.24, 2.45) is 5.73 Å². The highest BCUT2D eigenvalue weighted by molar-refractivity contribution is 7.07. The van der Waals surface area contributed by atoms with Crippen molar-refractivity contribution in [2.45, 2.75) is 39.8 Å². The second-order valence-electron chi connectivity index (χ2n) is 4.60. The Morgan fingerprint density at radius 3 is 2.47 bits per heavy atom. The van der Waals surface area contributed by atoms with Crippen molar-refractivity contribution < 1.29 is 0 Å². The first kappa shape index (κ1) is 12.3. The van der Waals surface area contributed by atoms with E-state index in [2.05, 4.69) is 40.5 Å². The molecular formula is C13H19N3S. The Morgan fingerprint density at radius 1 is 1.35 bits per heavy atom. The molecule has 2 rings (SSSR count). The summed E-state index contributed by atoms with van der Waals surface area (Å²) in [6, 6.07) is 2.31. The van der Waals surface area contributed by atoms with Crippen molar-refractivity contribution in [3.05, 3.63) is 39.3 Å². The Hall–Kier alpha value is -1.13. The van der Waals surface area contributed by atoms with Gasteiger partial charge in [-0.05, 0) is 55.6 Å². The highest BCUT2D eigenvalue weighted by Crippen LogP contribution is 2.26. The minimum absolute atomic E-state index is 0.0435. The van der Waals surface area contributed by atoms with Gasteiger partial charge in [0, 0.05) is 11.7 Å². The van der Waals surface area contributed by atoms with Crippen LogP contribution in [0.2, 0.25) is 0 Å². The van der Waals surface area contributed by atoms with Crippen molar-refractivity contribution >= 4 is 11.3 Å². The van der Waals surface area contributed by atoms with Crippen LogP contribution in [0.4, 0.5) is 0 Å². The van der Waals surface area contributed by atoms with Gasteiger partial charge in [-0.25, -0.2) is 0 Å². The average molecular weight is 249 g/mol. The number of hydrogen-bond donors (Lipinski definition) is 1. The summed E-state index contributed by atoms with van der Waals surface area (Å²) in [6.07, 6.45) is 0. The fourth-order valence-corrected chi connectivity index (χ4v) is 2.82. The lowest BCUT2D eigenvalue weighted by Gasteiger charge is -2.22. The van der Waals surface area contributed by atoms with Crippen molar-refractivity contribution in [3.8, 4) is 0 Å². The van der Waals surface area contributed by atoms with Gasteiger partial charge in [0.05, 0.1) is 11.7 Å².